The Bertz CT molecular complexity index is 697. The molecule has 0 aliphatic carbocycles. The summed E-state index contributed by atoms with van der Waals surface area (Å²) in [6.07, 6.45) is 0. The van der Waals surface area contributed by atoms with Crippen molar-refractivity contribution in [3.63, 3.8) is 0 Å². The van der Waals surface area contributed by atoms with Crippen molar-refractivity contribution < 1.29 is 5.11 Å². The molecule has 0 unspecified atom stereocenters. The average Bonchev–Trinajstić information content (AvgIpc) is 2.61. The van der Waals surface area contributed by atoms with E-state index >= 15 is 0 Å². The molecular weight excluding hydrogens is 230 g/mol. The Hall–Kier alpha value is -2.60. The Morgan fingerprint density at radius 2 is 1.65 bits per heavy atom. The van der Waals surface area contributed by atoms with Crippen LogP contribution in [0, 0.1) is 6.57 Å². The molecule has 0 amide bonds. The van der Waals surface area contributed by atoms with Crippen LogP contribution in [0.4, 0.5) is 0 Å². The monoisotopic (exact) mass is 239 g/mol. The number of aromatic nitrogens is 4. The van der Waals surface area contributed by atoms with Crippen LogP contribution in [0.5, 0.6) is 0 Å². The van der Waals surface area contributed by atoms with Crippen molar-refractivity contribution in [1.29, 1.82) is 0 Å². The molecule has 0 bridgehead atoms. The van der Waals surface area contributed by atoms with E-state index in [1.807, 2.05) is 4.98 Å². The summed E-state index contributed by atoms with van der Waals surface area (Å²) in [5.74, 6) is 0. The number of hydrogen-bond donors (Lipinski definition) is 5. The minimum absolute atomic E-state index is 0.0104. The van der Waals surface area contributed by atoms with Crippen molar-refractivity contribution in [2.45, 2.75) is 0 Å². The lowest BCUT2D eigenvalue weighted by Gasteiger charge is -1.83. The number of nitrogens with one attached hydrogen (secondary N) is 4. The number of aliphatic hydroxyl groups excluding tert-OH is 1. The lowest BCUT2D eigenvalue weighted by molar-refractivity contribution is 0.314. The lowest BCUT2D eigenvalue weighted by atomic mass is 10.5. The highest BCUT2D eigenvalue weighted by Gasteiger charge is 2.02. The Morgan fingerprint density at radius 1 is 1.06 bits per heavy atom. The summed E-state index contributed by atoms with van der Waals surface area (Å²) in [5.41, 5.74) is -1.65. The van der Waals surface area contributed by atoms with Gasteiger partial charge in [-0.3, -0.25) is 24.7 Å². The van der Waals surface area contributed by atoms with Crippen LogP contribution in [0.2, 0.25) is 0 Å². The van der Waals surface area contributed by atoms with Gasteiger partial charge in [0.2, 0.25) is 6.54 Å². The van der Waals surface area contributed by atoms with Gasteiger partial charge in [-0.2, -0.15) is 0 Å². The first kappa shape index (κ1) is 12.5. The Balaban J connectivity index is 0.000000249. The van der Waals surface area contributed by atoms with E-state index in [1.165, 1.54) is 0 Å². The SMILES string of the molecule is O=c1[nH]c(=O)c2[nH]c(=O)[nH]c2[nH]1.[C-]#[N+]CCO. The molecule has 17 heavy (non-hydrogen) atoms. The van der Waals surface area contributed by atoms with E-state index in [4.69, 9.17) is 11.7 Å². The van der Waals surface area contributed by atoms with Crippen LogP contribution in [0.1, 0.15) is 0 Å². The minimum atomic E-state index is -0.650. The second-order valence-electron chi connectivity index (χ2n) is 2.84. The zero-order valence-corrected chi connectivity index (χ0v) is 8.53. The number of hydrogen-bond acceptors (Lipinski definition) is 4. The van der Waals surface area contributed by atoms with Crippen molar-refractivity contribution in [1.82, 2.24) is 19.9 Å². The number of aliphatic hydroxyl groups is 1. The van der Waals surface area contributed by atoms with Crippen molar-refractivity contribution in [2.75, 3.05) is 13.2 Å². The molecule has 0 fully saturated rings. The van der Waals surface area contributed by atoms with E-state index in [2.05, 4.69) is 19.8 Å². The van der Waals surface area contributed by atoms with Gasteiger partial charge in [-0.15, -0.1) is 0 Å². The predicted molar refractivity (Wildman–Crippen MR) is 58.7 cm³/mol. The van der Waals surface area contributed by atoms with Gasteiger partial charge in [-0.1, -0.05) is 0 Å². The fourth-order valence-corrected chi connectivity index (χ4v) is 1.01. The average molecular weight is 239 g/mol. The third-order valence-electron chi connectivity index (χ3n) is 1.63. The maximum Gasteiger partial charge on any atom is 0.327 e. The summed E-state index contributed by atoms with van der Waals surface area (Å²) >= 11 is 0. The zero-order chi connectivity index (χ0) is 12.8. The van der Waals surface area contributed by atoms with Crippen LogP contribution < -0.4 is 16.9 Å². The molecule has 2 rings (SSSR count). The fourth-order valence-electron chi connectivity index (χ4n) is 1.01. The molecule has 0 atom stereocenters. The van der Waals surface area contributed by atoms with Gasteiger partial charge in [-0.05, 0) is 0 Å². The summed E-state index contributed by atoms with van der Waals surface area (Å²) in [6, 6.07) is 0. The highest BCUT2D eigenvalue weighted by atomic mass is 16.3. The van der Waals surface area contributed by atoms with Gasteiger partial charge in [-0.25, -0.2) is 16.2 Å². The van der Waals surface area contributed by atoms with Crippen LogP contribution in [0.15, 0.2) is 14.4 Å². The van der Waals surface area contributed by atoms with E-state index in [9.17, 15) is 14.4 Å². The number of nitrogens with zero attached hydrogens (tertiary/aromatic N) is 1. The molecule has 0 saturated carbocycles. The quantitative estimate of drug-likeness (QED) is 0.372. The van der Waals surface area contributed by atoms with Crippen LogP contribution in [0.3, 0.4) is 0 Å². The normalized spacial score (nSPS) is 9.41. The Kier molecular flexibility index (Phi) is 4.02. The smallest absolute Gasteiger partial charge is 0.327 e. The second kappa shape index (κ2) is 5.47. The molecule has 5 N–H and O–H groups in total. The molecule has 0 aliphatic rings. The number of H-pyrrole nitrogens is 4. The molecule has 0 aliphatic heterocycles. The fraction of sp³-hybridized carbons (Fsp3) is 0.250. The van der Waals surface area contributed by atoms with Gasteiger partial charge in [0.05, 0.1) is 0 Å². The van der Waals surface area contributed by atoms with Gasteiger partial charge in [0.1, 0.15) is 17.8 Å². The summed E-state index contributed by atoms with van der Waals surface area (Å²) in [7, 11) is 0. The maximum absolute atomic E-state index is 10.9. The van der Waals surface area contributed by atoms with Crippen LogP contribution >= 0.6 is 0 Å². The van der Waals surface area contributed by atoms with E-state index in [0.29, 0.717) is 0 Å². The number of aromatic amines is 4. The predicted octanol–water partition coefficient (Wildman–Crippen LogP) is -1.87. The number of imidazole rings is 1. The molecule has 2 aromatic rings. The zero-order valence-electron chi connectivity index (χ0n) is 8.53. The van der Waals surface area contributed by atoms with Crippen LogP contribution in [-0.2, 0) is 0 Å². The van der Waals surface area contributed by atoms with Gasteiger partial charge >= 0.3 is 11.4 Å². The van der Waals surface area contributed by atoms with Crippen molar-refractivity contribution >= 4 is 11.2 Å². The van der Waals surface area contributed by atoms with E-state index in [1.54, 1.807) is 0 Å². The molecule has 9 heteroatoms. The van der Waals surface area contributed by atoms with E-state index < -0.39 is 16.9 Å². The molecule has 9 nitrogen and oxygen atoms in total. The summed E-state index contributed by atoms with van der Waals surface area (Å²) in [6.45, 7) is 6.29. The largest absolute Gasteiger partial charge is 0.389 e. The summed E-state index contributed by atoms with van der Waals surface area (Å²) in [5, 5.41) is 7.85. The molecule has 2 aromatic heterocycles. The summed E-state index contributed by atoms with van der Waals surface area (Å²) < 4.78 is 0. The number of rotatable bonds is 1. The van der Waals surface area contributed by atoms with Crippen molar-refractivity contribution in [3.8, 4) is 0 Å². The minimum Gasteiger partial charge on any atom is -0.389 e. The van der Waals surface area contributed by atoms with Gasteiger partial charge in [0.15, 0.2) is 0 Å². The highest BCUT2D eigenvalue weighted by molar-refractivity contribution is 5.67. The van der Waals surface area contributed by atoms with E-state index in [0.717, 1.165) is 0 Å². The maximum atomic E-state index is 10.9. The van der Waals surface area contributed by atoms with Gasteiger partial charge in [0.25, 0.3) is 5.56 Å². The van der Waals surface area contributed by atoms with Crippen LogP contribution in [0.25, 0.3) is 16.0 Å². The third-order valence-corrected chi connectivity index (χ3v) is 1.63. The first-order valence-corrected chi connectivity index (χ1v) is 4.47. The molecule has 90 valence electrons. The van der Waals surface area contributed by atoms with Crippen molar-refractivity contribution in [3.05, 3.63) is 42.7 Å². The van der Waals surface area contributed by atoms with Gasteiger partial charge in [0, 0.05) is 0 Å². The topological polar surface area (TPSA) is 139 Å². The van der Waals surface area contributed by atoms with E-state index in [-0.39, 0.29) is 24.3 Å². The van der Waals surface area contributed by atoms with Crippen molar-refractivity contribution in [2.24, 2.45) is 0 Å². The summed E-state index contributed by atoms with van der Waals surface area (Å²) in [4.78, 5) is 43.8. The first-order chi connectivity index (χ1) is 8.08. The van der Waals surface area contributed by atoms with Gasteiger partial charge < -0.3 is 9.95 Å². The lowest BCUT2D eigenvalue weighted by Crippen LogP contribution is -2.21. The van der Waals surface area contributed by atoms with Crippen LogP contribution in [-0.4, -0.2) is 38.2 Å². The molecule has 2 heterocycles. The molecule has 0 radical (unpaired) electrons. The molecule has 0 aromatic carbocycles. The number of fused-ring (bicyclic) bond motifs is 1. The second-order valence-corrected chi connectivity index (χ2v) is 2.84. The molecular formula is C8H9N5O4. The standard InChI is InChI=1S/C5H4N4O3.C3H5NO/c10-3-1-2(7-4(11)6-1)8-5(12)9-3;1-4-2-3-5/h(H4,6,7,8,9,10,11,12);5H,2-3H2. The molecule has 0 spiro atoms. The first-order valence-electron chi connectivity index (χ1n) is 4.47. The Morgan fingerprint density at radius 3 is 2.12 bits per heavy atom. The third kappa shape index (κ3) is 3.18. The Labute approximate surface area is 93.0 Å². The molecule has 0 saturated heterocycles. The highest BCUT2D eigenvalue weighted by Crippen LogP contribution is 1.88.